The van der Waals surface area contributed by atoms with Crippen LogP contribution in [0.2, 0.25) is 0 Å². The van der Waals surface area contributed by atoms with Crippen molar-refractivity contribution in [1.82, 2.24) is 14.9 Å². The fraction of sp³-hybridized carbons (Fsp3) is 0.227. The maximum atomic E-state index is 12.0. The highest BCUT2D eigenvalue weighted by atomic mass is 32.2. The molecule has 2 N–H and O–H groups in total. The van der Waals surface area contributed by atoms with Crippen LogP contribution in [0, 0.1) is 13.8 Å². The Kier molecular flexibility index (Phi) is 5.85. The highest BCUT2D eigenvalue weighted by Gasteiger charge is 2.14. The number of nitrogens with zero attached hydrogens (tertiary/aromatic N) is 3. The third-order valence-electron chi connectivity index (χ3n) is 4.95. The predicted octanol–water partition coefficient (Wildman–Crippen LogP) is 3.60. The molecule has 0 aliphatic heterocycles. The van der Waals surface area contributed by atoms with Gasteiger partial charge in [0.15, 0.2) is 5.82 Å². The van der Waals surface area contributed by atoms with E-state index in [4.69, 9.17) is 19.7 Å². The van der Waals surface area contributed by atoms with E-state index < -0.39 is 0 Å². The van der Waals surface area contributed by atoms with Gasteiger partial charge in [0, 0.05) is 23.3 Å². The van der Waals surface area contributed by atoms with Gasteiger partial charge in [-0.1, -0.05) is 17.8 Å². The Morgan fingerprint density at radius 1 is 1.10 bits per heavy atom. The summed E-state index contributed by atoms with van der Waals surface area (Å²) in [5, 5.41) is 9.70. The molecule has 8 nitrogen and oxygen atoms in total. The van der Waals surface area contributed by atoms with E-state index in [9.17, 15) is 4.79 Å². The fourth-order valence-electron chi connectivity index (χ4n) is 3.09. The van der Waals surface area contributed by atoms with Crippen LogP contribution in [0.25, 0.3) is 11.0 Å². The first-order valence-corrected chi connectivity index (χ1v) is 10.6. The topological polar surface area (TPSA) is 105 Å². The number of benzene rings is 2. The van der Waals surface area contributed by atoms with Crippen LogP contribution in [0.5, 0.6) is 11.5 Å². The zero-order valence-electron chi connectivity index (χ0n) is 17.4. The van der Waals surface area contributed by atoms with Crippen molar-refractivity contribution in [3.63, 3.8) is 0 Å². The van der Waals surface area contributed by atoms with E-state index in [1.165, 1.54) is 22.5 Å². The number of fused-ring (bicyclic) bond motifs is 1. The number of hydrogen-bond donors (Lipinski definition) is 1. The summed E-state index contributed by atoms with van der Waals surface area (Å²) >= 11 is 1.39. The highest BCUT2D eigenvalue weighted by molar-refractivity contribution is 7.98. The van der Waals surface area contributed by atoms with Gasteiger partial charge in [0.05, 0.1) is 7.11 Å². The summed E-state index contributed by atoms with van der Waals surface area (Å²) in [7, 11) is 1.60. The smallest absolute Gasteiger partial charge is 0.336 e. The number of ether oxygens (including phenoxy) is 2. The second kappa shape index (κ2) is 8.73. The number of aromatic nitrogens is 3. The number of aryl methyl sites for hydroxylation is 2. The minimum absolute atomic E-state index is 0.160. The maximum absolute atomic E-state index is 12.0. The molecule has 2 heterocycles. The molecule has 160 valence electrons. The fourth-order valence-corrected chi connectivity index (χ4v) is 3.95. The Bertz CT molecular complexity index is 1300. The van der Waals surface area contributed by atoms with E-state index in [2.05, 4.69) is 10.2 Å². The molecule has 0 saturated heterocycles. The van der Waals surface area contributed by atoms with Crippen LogP contribution >= 0.6 is 11.8 Å². The molecule has 0 aliphatic rings. The normalized spacial score (nSPS) is 11.1. The molecule has 0 atom stereocenters. The van der Waals surface area contributed by atoms with Gasteiger partial charge < -0.3 is 19.7 Å². The van der Waals surface area contributed by atoms with E-state index in [-0.39, 0.29) is 12.2 Å². The lowest BCUT2D eigenvalue weighted by Crippen LogP contribution is -2.15. The van der Waals surface area contributed by atoms with Crippen molar-refractivity contribution in [2.24, 2.45) is 0 Å². The lowest BCUT2D eigenvalue weighted by Gasteiger charge is -2.09. The SMILES string of the molecule is COc1cccc(OCc2nnc(SCc3cc(=O)oc4cc(C)c(C)cc34)n2N)c1. The zero-order chi connectivity index (χ0) is 22.0. The minimum atomic E-state index is -0.382. The molecule has 4 rings (SSSR count). The third-order valence-corrected chi connectivity index (χ3v) is 5.94. The minimum Gasteiger partial charge on any atom is -0.497 e. The van der Waals surface area contributed by atoms with Gasteiger partial charge >= 0.3 is 5.63 Å². The number of nitrogen functional groups attached to an aromatic ring is 1. The predicted molar refractivity (Wildman–Crippen MR) is 119 cm³/mol. The van der Waals surface area contributed by atoms with E-state index in [1.54, 1.807) is 13.2 Å². The van der Waals surface area contributed by atoms with Gasteiger partial charge in [-0.05, 0) is 54.8 Å². The average molecular weight is 439 g/mol. The van der Waals surface area contributed by atoms with Gasteiger partial charge in [0.1, 0.15) is 23.7 Å². The molecule has 9 heteroatoms. The molecule has 0 bridgehead atoms. The van der Waals surface area contributed by atoms with Crippen molar-refractivity contribution in [2.75, 3.05) is 13.0 Å². The molecular formula is C22H22N4O4S. The van der Waals surface area contributed by atoms with Crippen molar-refractivity contribution in [1.29, 1.82) is 0 Å². The summed E-state index contributed by atoms with van der Waals surface area (Å²) in [6.07, 6.45) is 0. The summed E-state index contributed by atoms with van der Waals surface area (Å²) < 4.78 is 17.7. The zero-order valence-corrected chi connectivity index (χ0v) is 18.2. The van der Waals surface area contributed by atoms with Gasteiger partial charge in [-0.2, -0.15) is 0 Å². The van der Waals surface area contributed by atoms with Gasteiger partial charge in [0.25, 0.3) is 0 Å². The van der Waals surface area contributed by atoms with Crippen LogP contribution in [0.15, 0.2) is 56.8 Å². The Morgan fingerprint density at radius 3 is 2.68 bits per heavy atom. The van der Waals surface area contributed by atoms with Crippen LogP contribution in [0.1, 0.15) is 22.5 Å². The molecule has 2 aromatic heterocycles. The summed E-state index contributed by atoms with van der Waals surface area (Å²) in [6, 6.07) is 12.7. The average Bonchev–Trinajstić information content (AvgIpc) is 3.11. The van der Waals surface area contributed by atoms with Crippen molar-refractivity contribution in [3.8, 4) is 11.5 Å². The second-order valence-electron chi connectivity index (χ2n) is 7.05. The quantitative estimate of drug-likeness (QED) is 0.265. The Balaban J connectivity index is 1.49. The number of hydrogen-bond acceptors (Lipinski definition) is 8. The van der Waals surface area contributed by atoms with Crippen molar-refractivity contribution < 1.29 is 13.9 Å². The summed E-state index contributed by atoms with van der Waals surface area (Å²) in [6.45, 7) is 4.18. The number of rotatable bonds is 7. The number of thioether (sulfide) groups is 1. The monoisotopic (exact) mass is 438 g/mol. The first-order chi connectivity index (χ1) is 14.9. The maximum Gasteiger partial charge on any atom is 0.336 e. The van der Waals surface area contributed by atoms with Gasteiger partial charge in [-0.15, -0.1) is 10.2 Å². The molecular weight excluding hydrogens is 416 g/mol. The second-order valence-corrected chi connectivity index (χ2v) is 7.99. The van der Waals surface area contributed by atoms with Crippen LogP contribution in [0.4, 0.5) is 0 Å². The first-order valence-electron chi connectivity index (χ1n) is 9.57. The molecule has 0 unspecified atom stereocenters. The molecule has 0 aliphatic carbocycles. The molecule has 4 aromatic rings. The summed E-state index contributed by atoms with van der Waals surface area (Å²) in [5.41, 5.74) is 3.26. The molecule has 2 aromatic carbocycles. The largest absolute Gasteiger partial charge is 0.497 e. The molecule has 31 heavy (non-hydrogen) atoms. The summed E-state index contributed by atoms with van der Waals surface area (Å²) in [4.78, 5) is 12.0. The first kappa shape index (κ1) is 20.8. The Morgan fingerprint density at radius 2 is 1.87 bits per heavy atom. The third kappa shape index (κ3) is 4.51. The number of nitrogens with two attached hydrogens (primary N) is 1. The number of methoxy groups -OCH3 is 1. The molecule has 0 radical (unpaired) electrons. The molecule has 0 spiro atoms. The molecule has 0 amide bonds. The Hall–Kier alpha value is -3.46. The van der Waals surface area contributed by atoms with Crippen LogP contribution in [0.3, 0.4) is 0 Å². The van der Waals surface area contributed by atoms with E-state index >= 15 is 0 Å². The van der Waals surface area contributed by atoms with Crippen LogP contribution in [-0.4, -0.2) is 22.0 Å². The van der Waals surface area contributed by atoms with Gasteiger partial charge in [-0.25, -0.2) is 9.47 Å². The summed E-state index contributed by atoms with van der Waals surface area (Å²) in [5.74, 6) is 8.48. The van der Waals surface area contributed by atoms with Crippen molar-refractivity contribution in [3.05, 3.63) is 75.4 Å². The molecule has 0 saturated carbocycles. The van der Waals surface area contributed by atoms with E-state index in [0.717, 1.165) is 22.1 Å². The standard InChI is InChI=1S/C22H22N4O4S/c1-13-7-18-15(9-21(27)30-19(18)8-14(13)2)12-31-22-25-24-20(26(22)23)11-29-17-6-4-5-16(10-17)28-3/h4-10H,11-12,23H2,1-3H3. The van der Waals surface area contributed by atoms with Crippen LogP contribution < -0.4 is 20.9 Å². The lowest BCUT2D eigenvalue weighted by atomic mass is 10.0. The van der Waals surface area contributed by atoms with E-state index in [0.29, 0.717) is 33.8 Å². The van der Waals surface area contributed by atoms with E-state index in [1.807, 2.05) is 44.2 Å². The highest BCUT2D eigenvalue weighted by Crippen LogP contribution is 2.27. The van der Waals surface area contributed by atoms with Gasteiger partial charge in [0.2, 0.25) is 5.16 Å². The van der Waals surface area contributed by atoms with Crippen molar-refractivity contribution in [2.45, 2.75) is 31.4 Å². The van der Waals surface area contributed by atoms with Crippen LogP contribution in [-0.2, 0) is 12.4 Å². The Labute approximate surface area is 183 Å². The lowest BCUT2D eigenvalue weighted by molar-refractivity contribution is 0.289. The van der Waals surface area contributed by atoms with Crippen molar-refractivity contribution >= 4 is 22.7 Å². The van der Waals surface area contributed by atoms with Gasteiger partial charge in [-0.3, -0.25) is 0 Å². The molecule has 0 fully saturated rings.